The first-order chi connectivity index (χ1) is 20.1. The predicted octanol–water partition coefficient (Wildman–Crippen LogP) is 7.47. The zero-order chi connectivity index (χ0) is 29.5. The summed E-state index contributed by atoms with van der Waals surface area (Å²) in [5.41, 5.74) is 16.4. The van der Waals surface area contributed by atoms with E-state index in [-0.39, 0.29) is 5.54 Å². The van der Waals surface area contributed by atoms with Gasteiger partial charge in [-0.25, -0.2) is 9.98 Å². The third kappa shape index (κ3) is 5.75. The first-order valence-electron chi connectivity index (χ1n) is 15.8. The molecular weight excluding hydrogens is 538 g/mol. The summed E-state index contributed by atoms with van der Waals surface area (Å²) in [6.45, 7) is 10.4. The molecule has 1 atom stereocenters. The fourth-order valence-electron chi connectivity index (χ4n) is 8.24. The number of anilines is 2. The van der Waals surface area contributed by atoms with E-state index in [0.717, 1.165) is 83.1 Å². The average molecular weight is 586 g/mol. The van der Waals surface area contributed by atoms with E-state index in [1.54, 1.807) is 6.21 Å². The van der Waals surface area contributed by atoms with Crippen molar-refractivity contribution in [2.45, 2.75) is 83.6 Å². The van der Waals surface area contributed by atoms with Crippen molar-refractivity contribution in [1.82, 2.24) is 9.97 Å². The minimum Gasteiger partial charge on any atom is -0.402 e. The van der Waals surface area contributed by atoms with Gasteiger partial charge in [0.2, 0.25) is 0 Å². The number of hydrogen-bond acceptors (Lipinski definition) is 7. The zero-order valence-electron chi connectivity index (χ0n) is 25.3. The molecule has 3 saturated carbocycles. The maximum absolute atomic E-state index is 6.35. The molecule has 42 heavy (non-hydrogen) atoms. The maximum atomic E-state index is 6.35. The van der Waals surface area contributed by atoms with E-state index < -0.39 is 0 Å². The van der Waals surface area contributed by atoms with Gasteiger partial charge in [-0.15, -0.1) is 0 Å². The first kappa shape index (κ1) is 29.0. The molecule has 6 N–H and O–H groups in total. The van der Waals surface area contributed by atoms with Crippen LogP contribution in [0.1, 0.15) is 83.6 Å². The topological polar surface area (TPSA) is 108 Å². The van der Waals surface area contributed by atoms with Crippen LogP contribution in [0.2, 0.25) is 0 Å². The van der Waals surface area contributed by atoms with Crippen LogP contribution in [0.3, 0.4) is 0 Å². The number of nitrogens with one attached hydrogen (secondary N) is 2. The van der Waals surface area contributed by atoms with Crippen molar-refractivity contribution in [2.75, 3.05) is 23.3 Å². The fraction of sp³-hybridized carbons (Fsp3) is 0.559. The molecule has 0 radical (unpaired) electrons. The van der Waals surface area contributed by atoms with Gasteiger partial charge in [-0.1, -0.05) is 24.9 Å². The van der Waals surface area contributed by atoms with Crippen LogP contribution in [0.25, 0.3) is 5.70 Å². The monoisotopic (exact) mass is 585 g/mol. The third-order valence-corrected chi connectivity index (χ3v) is 10.8. The molecule has 2 spiro atoms. The van der Waals surface area contributed by atoms with Gasteiger partial charge >= 0.3 is 0 Å². The highest BCUT2D eigenvalue weighted by molar-refractivity contribution is 7.71. The normalized spacial score (nSPS) is 23.1. The molecule has 3 heterocycles. The lowest BCUT2D eigenvalue weighted by atomic mass is 9.93. The Kier molecular flexibility index (Phi) is 7.71. The highest BCUT2D eigenvalue weighted by atomic mass is 32.1. The zero-order valence-corrected chi connectivity index (χ0v) is 26.1. The van der Waals surface area contributed by atoms with Crippen molar-refractivity contribution in [1.29, 1.82) is 0 Å². The summed E-state index contributed by atoms with van der Waals surface area (Å²) in [6, 6.07) is 9.79. The molecule has 8 heteroatoms. The Morgan fingerprint density at radius 3 is 2.60 bits per heavy atom. The van der Waals surface area contributed by atoms with E-state index in [9.17, 15) is 0 Å². The molecule has 7 nitrogen and oxygen atoms in total. The van der Waals surface area contributed by atoms with Gasteiger partial charge in [0.25, 0.3) is 0 Å². The second-order valence-electron chi connectivity index (χ2n) is 13.8. The number of aromatic amines is 1. The van der Waals surface area contributed by atoms with Gasteiger partial charge in [0.1, 0.15) is 16.3 Å². The van der Waals surface area contributed by atoms with Gasteiger partial charge in [0.15, 0.2) is 5.82 Å². The van der Waals surface area contributed by atoms with Crippen LogP contribution >= 0.6 is 12.2 Å². The van der Waals surface area contributed by atoms with Crippen molar-refractivity contribution >= 4 is 41.6 Å². The number of pyridine rings is 2. The van der Waals surface area contributed by atoms with Crippen LogP contribution in [-0.2, 0) is 0 Å². The Hall–Kier alpha value is -3.13. The van der Waals surface area contributed by atoms with E-state index in [2.05, 4.69) is 40.6 Å². The van der Waals surface area contributed by atoms with E-state index in [4.69, 9.17) is 28.7 Å². The first-order valence-corrected chi connectivity index (χ1v) is 16.2. The molecule has 3 aliphatic carbocycles. The summed E-state index contributed by atoms with van der Waals surface area (Å²) >= 11 is 5.22. The maximum Gasteiger partial charge on any atom is 0.154 e. The van der Waals surface area contributed by atoms with Gasteiger partial charge in [-0.2, -0.15) is 0 Å². The molecule has 1 unspecified atom stereocenters. The standard InChI is InChI=1S/C34H47N7S/c1-23(35)26-12-13-29(38-20-14-25(36)8-4-9-27-33(15-16-33)34(27)17-18-34)40-31(26)41-22-24(21-32(41,2)3)7-6-19-37-28-10-5-11-30(42)39-28/h5,10-14,20,24,27H,1,4,6-9,15-19,21-22,35-36H2,2-3H3,(H2,37,39,42)/b25-14-,38-20?. The Labute approximate surface area is 256 Å². The lowest BCUT2D eigenvalue weighted by Crippen LogP contribution is -2.39. The number of hydrogen-bond donors (Lipinski definition) is 4. The molecule has 1 aliphatic heterocycles. The Bertz CT molecular complexity index is 1430. The van der Waals surface area contributed by atoms with Gasteiger partial charge in [-0.05, 0) is 131 Å². The number of aromatic nitrogens is 2. The number of H-pyrrole nitrogens is 1. The van der Waals surface area contributed by atoms with Gasteiger partial charge in [0, 0.05) is 41.8 Å². The van der Waals surface area contributed by atoms with E-state index in [1.807, 2.05) is 36.4 Å². The molecule has 6 rings (SSSR count). The Morgan fingerprint density at radius 2 is 1.90 bits per heavy atom. The summed E-state index contributed by atoms with van der Waals surface area (Å²) in [5.74, 6) is 4.05. The van der Waals surface area contributed by atoms with Crippen LogP contribution in [0.4, 0.5) is 17.5 Å². The van der Waals surface area contributed by atoms with Gasteiger partial charge in [-0.3, -0.25) is 0 Å². The molecular formula is C34H47N7S. The lowest BCUT2D eigenvalue weighted by molar-refractivity contribution is 0.448. The molecule has 224 valence electrons. The molecule has 2 aromatic rings. The molecule has 0 aromatic carbocycles. The smallest absolute Gasteiger partial charge is 0.154 e. The minimum atomic E-state index is -0.0496. The quantitative estimate of drug-likeness (QED) is 0.110. The van der Waals surface area contributed by atoms with Crippen LogP contribution in [0.15, 0.2) is 53.7 Å². The van der Waals surface area contributed by atoms with Crippen molar-refractivity contribution in [2.24, 2.45) is 39.1 Å². The summed E-state index contributed by atoms with van der Waals surface area (Å²) in [7, 11) is 0. The Morgan fingerprint density at radius 1 is 1.14 bits per heavy atom. The van der Waals surface area contributed by atoms with Crippen molar-refractivity contribution in [3.63, 3.8) is 0 Å². The lowest BCUT2D eigenvalue weighted by Gasteiger charge is -2.34. The molecule has 2 aromatic heterocycles. The van der Waals surface area contributed by atoms with Crippen molar-refractivity contribution in [3.05, 3.63) is 58.9 Å². The van der Waals surface area contributed by atoms with Crippen LogP contribution in [0, 0.1) is 27.3 Å². The number of rotatable bonds is 13. The molecule has 1 saturated heterocycles. The van der Waals surface area contributed by atoms with Crippen LogP contribution in [0.5, 0.6) is 0 Å². The van der Waals surface area contributed by atoms with Gasteiger partial charge < -0.3 is 26.7 Å². The molecule has 0 amide bonds. The molecule has 0 bridgehead atoms. The van der Waals surface area contributed by atoms with E-state index >= 15 is 0 Å². The number of allylic oxidation sites excluding steroid dienone is 2. The summed E-state index contributed by atoms with van der Waals surface area (Å²) in [5, 5.41) is 3.46. The second kappa shape index (κ2) is 11.2. The van der Waals surface area contributed by atoms with Crippen LogP contribution < -0.4 is 21.7 Å². The molecule has 4 aliphatic rings. The number of nitrogens with two attached hydrogens (primary N) is 2. The number of nitrogens with zero attached hydrogens (tertiary/aromatic N) is 3. The summed E-state index contributed by atoms with van der Waals surface area (Å²) in [6.07, 6.45) is 16.4. The fourth-order valence-corrected chi connectivity index (χ4v) is 8.43. The third-order valence-electron chi connectivity index (χ3n) is 10.6. The second-order valence-corrected chi connectivity index (χ2v) is 14.3. The van der Waals surface area contributed by atoms with E-state index in [0.29, 0.717) is 17.4 Å². The summed E-state index contributed by atoms with van der Waals surface area (Å²) < 4.78 is 0.741. The predicted molar refractivity (Wildman–Crippen MR) is 177 cm³/mol. The minimum absolute atomic E-state index is 0.0496. The van der Waals surface area contributed by atoms with Gasteiger partial charge in [0.05, 0.1) is 0 Å². The number of aliphatic imine (C=N–C) groups is 1. The van der Waals surface area contributed by atoms with Crippen molar-refractivity contribution in [3.8, 4) is 0 Å². The largest absolute Gasteiger partial charge is 0.402 e. The van der Waals surface area contributed by atoms with Crippen molar-refractivity contribution < 1.29 is 0 Å². The number of fused-ring (bicyclic) bond motifs is 1. The van der Waals surface area contributed by atoms with E-state index in [1.165, 1.54) is 38.5 Å². The SMILES string of the molecule is C=C(N)c1ccc(N=C/C=C(\N)CCCC2C3(CC3)C23CC3)nc1N1CC(CCCNc2cccc(=S)[nH]2)CC1(C)C. The highest BCUT2D eigenvalue weighted by Crippen LogP contribution is 2.93. The van der Waals surface area contributed by atoms with Crippen LogP contribution in [-0.4, -0.2) is 34.8 Å². The average Bonchev–Trinajstić information content (AvgIpc) is 3.89. The summed E-state index contributed by atoms with van der Waals surface area (Å²) in [4.78, 5) is 15.2. The Balaban J connectivity index is 1.04. The highest BCUT2D eigenvalue weighted by Gasteiger charge is 2.85. The molecule has 4 fully saturated rings.